The number of carbonyl (C=O) groups excluding carboxylic acids is 2. The Morgan fingerprint density at radius 3 is 2.77 bits per heavy atom. The molecule has 1 aromatic carbocycles. The fourth-order valence-electron chi connectivity index (χ4n) is 2.28. The van der Waals surface area contributed by atoms with Crippen molar-refractivity contribution in [3.05, 3.63) is 47.0 Å². The summed E-state index contributed by atoms with van der Waals surface area (Å²) < 4.78 is 0. The normalized spacial score (nSPS) is 14.2. The van der Waals surface area contributed by atoms with Crippen LogP contribution in [0.25, 0.3) is 0 Å². The topological polar surface area (TPSA) is 61.4 Å². The number of amides is 2. The lowest BCUT2D eigenvalue weighted by atomic mass is 10.1. The van der Waals surface area contributed by atoms with Gasteiger partial charge < -0.3 is 15.5 Å². The molecule has 1 aliphatic rings. The second kappa shape index (κ2) is 7.75. The van der Waals surface area contributed by atoms with Gasteiger partial charge in [0.2, 0.25) is 0 Å². The monoisotopic (exact) mass is 301 g/mol. The first-order chi connectivity index (χ1) is 10.6. The number of carbonyl (C=O) groups is 2. The fourth-order valence-corrected chi connectivity index (χ4v) is 2.28. The number of nitrogens with one attached hydrogen (secondary N) is 2. The molecule has 1 aromatic rings. The second-order valence-electron chi connectivity index (χ2n) is 5.40. The van der Waals surface area contributed by atoms with Gasteiger partial charge in [0, 0.05) is 37.8 Å². The highest BCUT2D eigenvalue weighted by Crippen LogP contribution is 2.09. The highest BCUT2D eigenvalue weighted by Gasteiger charge is 2.13. The maximum atomic E-state index is 12.2. The van der Waals surface area contributed by atoms with E-state index in [1.54, 1.807) is 36.2 Å². The molecule has 2 rings (SSSR count). The molecular formula is C17H23N3O2. The standard InChI is InChI=1S/C17H23N3O2/c1-3-20(2)17(22)15-6-4-5-14(11-15)16(21)19-12-13-7-9-18-10-8-13/h4-7,11,18H,3,8-10,12H2,1-2H3,(H,19,21). The maximum absolute atomic E-state index is 12.2. The number of nitrogens with zero attached hydrogens (tertiary/aromatic N) is 1. The fraction of sp³-hybridized carbons (Fsp3) is 0.412. The molecule has 0 unspecified atom stereocenters. The predicted octanol–water partition coefficient (Wildman–Crippen LogP) is 1.43. The molecule has 0 atom stereocenters. The SMILES string of the molecule is CCN(C)C(=O)c1cccc(C(=O)NCC2=CCNCC2)c1. The first-order valence-corrected chi connectivity index (χ1v) is 7.64. The maximum Gasteiger partial charge on any atom is 0.253 e. The molecule has 0 bridgehead atoms. The van der Waals surface area contributed by atoms with Gasteiger partial charge in [-0.1, -0.05) is 17.7 Å². The molecule has 22 heavy (non-hydrogen) atoms. The van der Waals surface area contributed by atoms with Crippen LogP contribution in [0.3, 0.4) is 0 Å². The molecule has 5 nitrogen and oxygen atoms in total. The summed E-state index contributed by atoms with van der Waals surface area (Å²) in [5.41, 5.74) is 2.30. The Balaban J connectivity index is 2.00. The highest BCUT2D eigenvalue weighted by atomic mass is 16.2. The Morgan fingerprint density at radius 1 is 1.32 bits per heavy atom. The van der Waals surface area contributed by atoms with E-state index >= 15 is 0 Å². The van der Waals surface area contributed by atoms with Crippen LogP contribution in [0.1, 0.15) is 34.1 Å². The van der Waals surface area contributed by atoms with Gasteiger partial charge in [0.1, 0.15) is 0 Å². The van der Waals surface area contributed by atoms with Crippen LogP contribution in [0.15, 0.2) is 35.9 Å². The van der Waals surface area contributed by atoms with Gasteiger partial charge >= 0.3 is 0 Å². The van der Waals surface area contributed by atoms with E-state index < -0.39 is 0 Å². The summed E-state index contributed by atoms with van der Waals surface area (Å²) in [6.45, 7) is 4.93. The van der Waals surface area contributed by atoms with Gasteiger partial charge in [0.05, 0.1) is 0 Å². The van der Waals surface area contributed by atoms with Crippen LogP contribution in [0.2, 0.25) is 0 Å². The molecule has 0 spiro atoms. The number of hydrogen-bond acceptors (Lipinski definition) is 3. The van der Waals surface area contributed by atoms with Crippen molar-refractivity contribution in [3.8, 4) is 0 Å². The van der Waals surface area contributed by atoms with E-state index in [2.05, 4.69) is 16.7 Å². The summed E-state index contributed by atoms with van der Waals surface area (Å²) in [5, 5.41) is 6.16. The Bertz CT molecular complexity index is 581. The van der Waals surface area contributed by atoms with E-state index in [0.29, 0.717) is 24.2 Å². The van der Waals surface area contributed by atoms with Gasteiger partial charge in [-0.15, -0.1) is 0 Å². The first-order valence-electron chi connectivity index (χ1n) is 7.64. The second-order valence-corrected chi connectivity index (χ2v) is 5.40. The Hall–Kier alpha value is -2.14. The summed E-state index contributed by atoms with van der Waals surface area (Å²) in [6.07, 6.45) is 3.07. The van der Waals surface area contributed by atoms with Crippen molar-refractivity contribution < 1.29 is 9.59 Å². The van der Waals surface area contributed by atoms with Gasteiger partial charge in [-0.25, -0.2) is 0 Å². The van der Waals surface area contributed by atoms with E-state index in [9.17, 15) is 9.59 Å². The van der Waals surface area contributed by atoms with Gasteiger partial charge in [0.15, 0.2) is 0 Å². The molecule has 1 heterocycles. The molecule has 0 saturated carbocycles. The molecule has 0 aliphatic carbocycles. The van der Waals surface area contributed by atoms with Crippen molar-refractivity contribution >= 4 is 11.8 Å². The molecule has 0 saturated heterocycles. The number of rotatable bonds is 5. The zero-order valence-electron chi connectivity index (χ0n) is 13.2. The average molecular weight is 301 g/mol. The molecule has 1 aliphatic heterocycles. The molecular weight excluding hydrogens is 278 g/mol. The average Bonchev–Trinajstić information content (AvgIpc) is 2.59. The van der Waals surface area contributed by atoms with Crippen molar-refractivity contribution in [2.24, 2.45) is 0 Å². The van der Waals surface area contributed by atoms with Crippen LogP contribution in [-0.2, 0) is 0 Å². The zero-order chi connectivity index (χ0) is 15.9. The largest absolute Gasteiger partial charge is 0.348 e. The molecule has 0 radical (unpaired) electrons. The zero-order valence-corrected chi connectivity index (χ0v) is 13.2. The first kappa shape index (κ1) is 16.2. The number of benzene rings is 1. The highest BCUT2D eigenvalue weighted by molar-refractivity contribution is 5.99. The van der Waals surface area contributed by atoms with Crippen LogP contribution >= 0.6 is 0 Å². The Kier molecular flexibility index (Phi) is 5.72. The van der Waals surface area contributed by atoms with E-state index in [1.165, 1.54) is 5.57 Å². The van der Waals surface area contributed by atoms with E-state index in [4.69, 9.17) is 0 Å². The third-order valence-corrected chi connectivity index (χ3v) is 3.83. The lowest BCUT2D eigenvalue weighted by Crippen LogP contribution is -2.30. The van der Waals surface area contributed by atoms with Gasteiger partial charge in [-0.2, -0.15) is 0 Å². The van der Waals surface area contributed by atoms with Crippen LogP contribution in [0.5, 0.6) is 0 Å². The van der Waals surface area contributed by atoms with Crippen molar-refractivity contribution in [3.63, 3.8) is 0 Å². The van der Waals surface area contributed by atoms with Crippen LogP contribution in [-0.4, -0.2) is 49.9 Å². The predicted molar refractivity (Wildman–Crippen MR) is 87.0 cm³/mol. The Morgan fingerprint density at radius 2 is 2.09 bits per heavy atom. The lowest BCUT2D eigenvalue weighted by molar-refractivity contribution is 0.0802. The summed E-state index contributed by atoms with van der Waals surface area (Å²) in [5.74, 6) is -0.216. The molecule has 118 valence electrons. The minimum atomic E-state index is -0.145. The minimum Gasteiger partial charge on any atom is -0.348 e. The summed E-state index contributed by atoms with van der Waals surface area (Å²) in [4.78, 5) is 26.0. The third-order valence-electron chi connectivity index (χ3n) is 3.83. The van der Waals surface area contributed by atoms with E-state index in [1.807, 2.05) is 6.92 Å². The molecule has 0 aromatic heterocycles. The van der Waals surface area contributed by atoms with Gasteiger partial charge in [-0.3, -0.25) is 9.59 Å². The summed E-state index contributed by atoms with van der Waals surface area (Å²) >= 11 is 0. The van der Waals surface area contributed by atoms with Crippen molar-refractivity contribution in [2.45, 2.75) is 13.3 Å². The summed E-state index contributed by atoms with van der Waals surface area (Å²) in [6, 6.07) is 6.87. The van der Waals surface area contributed by atoms with Crippen LogP contribution in [0, 0.1) is 0 Å². The molecule has 5 heteroatoms. The van der Waals surface area contributed by atoms with Crippen molar-refractivity contribution in [1.82, 2.24) is 15.5 Å². The number of hydrogen-bond donors (Lipinski definition) is 2. The molecule has 2 amide bonds. The van der Waals surface area contributed by atoms with Crippen LogP contribution in [0.4, 0.5) is 0 Å². The quantitative estimate of drug-likeness (QED) is 0.809. The molecule has 2 N–H and O–H groups in total. The van der Waals surface area contributed by atoms with Gasteiger partial charge in [-0.05, 0) is 38.1 Å². The van der Waals surface area contributed by atoms with Gasteiger partial charge in [0.25, 0.3) is 11.8 Å². The summed E-state index contributed by atoms with van der Waals surface area (Å²) in [7, 11) is 1.75. The third kappa shape index (κ3) is 4.18. The lowest BCUT2D eigenvalue weighted by Gasteiger charge is -2.16. The van der Waals surface area contributed by atoms with Crippen molar-refractivity contribution in [1.29, 1.82) is 0 Å². The smallest absolute Gasteiger partial charge is 0.253 e. The van der Waals surface area contributed by atoms with Crippen LogP contribution < -0.4 is 10.6 Å². The van der Waals surface area contributed by atoms with E-state index in [0.717, 1.165) is 19.5 Å². The molecule has 0 fully saturated rings. The Labute approximate surface area is 131 Å². The minimum absolute atomic E-state index is 0.0711. The van der Waals surface area contributed by atoms with Crippen molar-refractivity contribution in [2.75, 3.05) is 33.2 Å². The van der Waals surface area contributed by atoms with E-state index in [-0.39, 0.29) is 11.8 Å².